The number of rotatable bonds is 13. The van der Waals surface area contributed by atoms with Crippen molar-refractivity contribution in [1.29, 1.82) is 0 Å². The molecule has 1 aromatic heterocycles. The van der Waals surface area contributed by atoms with E-state index in [9.17, 15) is 24.3 Å². The molecule has 1 fully saturated rings. The number of carboxylic acids is 1. The summed E-state index contributed by atoms with van der Waals surface area (Å²) in [5.74, 6) is -1.70. The normalized spacial score (nSPS) is 15.4. The fourth-order valence-corrected chi connectivity index (χ4v) is 4.53. The number of methoxy groups -OCH3 is 1. The van der Waals surface area contributed by atoms with Crippen LogP contribution in [0.2, 0.25) is 0 Å². The molecule has 2 amide bonds. The van der Waals surface area contributed by atoms with Gasteiger partial charge in [0.2, 0.25) is 11.8 Å². The molecule has 39 heavy (non-hydrogen) atoms. The van der Waals surface area contributed by atoms with E-state index in [1.54, 1.807) is 39.0 Å². The fourth-order valence-electron chi connectivity index (χ4n) is 4.53. The number of amides is 2. The molecule has 2 heterocycles. The van der Waals surface area contributed by atoms with E-state index in [0.717, 1.165) is 32.4 Å². The minimum atomic E-state index is -1.19. The van der Waals surface area contributed by atoms with Crippen LogP contribution in [-0.4, -0.2) is 82.5 Å². The Morgan fingerprint density at radius 2 is 1.85 bits per heavy atom. The van der Waals surface area contributed by atoms with Crippen LogP contribution >= 0.6 is 0 Å². The number of aromatic nitrogens is 2. The van der Waals surface area contributed by atoms with Crippen LogP contribution in [0.3, 0.4) is 0 Å². The lowest BCUT2D eigenvalue weighted by atomic mass is 10.00. The van der Waals surface area contributed by atoms with Crippen molar-refractivity contribution in [3.05, 3.63) is 29.6 Å². The molecule has 3 N–H and O–H groups in total. The number of carbonyl (C=O) groups excluding carboxylic acids is 3. The summed E-state index contributed by atoms with van der Waals surface area (Å²) < 4.78 is 10.6. The predicted octanol–water partition coefficient (Wildman–Crippen LogP) is 1.75. The number of ketones is 1. The first-order chi connectivity index (χ1) is 18.6. The number of nitrogens with zero attached hydrogens (tertiary/aromatic N) is 3. The number of carbonyl (C=O) groups is 4. The van der Waals surface area contributed by atoms with E-state index in [2.05, 4.69) is 20.8 Å². The number of nitrogens with one attached hydrogen (secondary N) is 2. The van der Waals surface area contributed by atoms with Gasteiger partial charge in [0, 0.05) is 11.1 Å². The number of ether oxygens (including phenoxy) is 1. The van der Waals surface area contributed by atoms with Crippen LogP contribution < -0.4 is 15.4 Å². The largest absolute Gasteiger partial charge is 0.496 e. The average Bonchev–Trinajstić information content (AvgIpc) is 3.33. The predicted molar refractivity (Wildman–Crippen MR) is 141 cm³/mol. The quantitative estimate of drug-likeness (QED) is 0.339. The highest BCUT2D eigenvalue weighted by Crippen LogP contribution is 2.26. The Balaban J connectivity index is 1.69. The first-order valence-corrected chi connectivity index (χ1v) is 13.1. The Morgan fingerprint density at radius 3 is 2.44 bits per heavy atom. The molecule has 0 spiro atoms. The molecular weight excluding hydrogens is 506 g/mol. The molecule has 0 aliphatic carbocycles. The molecule has 12 heteroatoms. The number of piperidine rings is 1. The van der Waals surface area contributed by atoms with Crippen molar-refractivity contribution >= 4 is 23.6 Å². The highest BCUT2D eigenvalue weighted by Gasteiger charge is 2.31. The smallest absolute Gasteiger partial charge is 0.305 e. The van der Waals surface area contributed by atoms with E-state index in [4.69, 9.17) is 9.26 Å². The first kappa shape index (κ1) is 29.8. The molecule has 1 saturated heterocycles. The second kappa shape index (κ2) is 13.8. The summed E-state index contributed by atoms with van der Waals surface area (Å²) in [5.41, 5.74) is 1.16. The average molecular weight is 544 g/mol. The van der Waals surface area contributed by atoms with Gasteiger partial charge < -0.3 is 25.0 Å². The molecule has 0 saturated carbocycles. The zero-order chi connectivity index (χ0) is 28.5. The Bertz CT molecular complexity index is 1170. The Labute approximate surface area is 227 Å². The van der Waals surface area contributed by atoms with Gasteiger partial charge >= 0.3 is 5.97 Å². The van der Waals surface area contributed by atoms with Gasteiger partial charge in [-0.2, -0.15) is 4.98 Å². The number of benzene rings is 1. The van der Waals surface area contributed by atoms with Crippen molar-refractivity contribution in [2.24, 2.45) is 5.92 Å². The number of Topliss-reactive ketones (excluding diaryl/α,β-unsaturated/α-hetero) is 1. The topological polar surface area (TPSA) is 164 Å². The van der Waals surface area contributed by atoms with Crippen LogP contribution in [0.15, 0.2) is 22.7 Å². The van der Waals surface area contributed by atoms with E-state index in [1.165, 1.54) is 7.11 Å². The van der Waals surface area contributed by atoms with Gasteiger partial charge in [0.15, 0.2) is 11.6 Å². The third kappa shape index (κ3) is 8.60. The number of likely N-dealkylation sites (tertiary alicyclic amines) is 1. The molecule has 212 valence electrons. The highest BCUT2D eigenvalue weighted by molar-refractivity contribution is 5.95. The summed E-state index contributed by atoms with van der Waals surface area (Å²) in [6.07, 6.45) is 2.42. The maximum atomic E-state index is 13.2. The van der Waals surface area contributed by atoms with Crippen molar-refractivity contribution in [3.8, 4) is 17.2 Å². The molecule has 1 aliphatic heterocycles. The van der Waals surface area contributed by atoms with Gasteiger partial charge in [-0.05, 0) is 57.0 Å². The second-order valence-electron chi connectivity index (χ2n) is 10.1. The maximum absolute atomic E-state index is 13.2. The van der Waals surface area contributed by atoms with Crippen LogP contribution in [0, 0.1) is 12.8 Å². The highest BCUT2D eigenvalue weighted by atomic mass is 16.5. The second-order valence-corrected chi connectivity index (χ2v) is 10.1. The molecule has 1 aliphatic rings. The third-order valence-electron chi connectivity index (χ3n) is 6.58. The van der Waals surface area contributed by atoms with E-state index < -0.39 is 36.3 Å². The Hall–Kier alpha value is -3.80. The maximum Gasteiger partial charge on any atom is 0.305 e. The first-order valence-electron chi connectivity index (χ1n) is 13.1. The minimum absolute atomic E-state index is 0.0760. The molecule has 2 aromatic rings. The summed E-state index contributed by atoms with van der Waals surface area (Å²) in [6.45, 7) is 6.81. The number of hydrogen-bond acceptors (Lipinski definition) is 9. The lowest BCUT2D eigenvalue weighted by Gasteiger charge is -2.28. The van der Waals surface area contributed by atoms with Crippen LogP contribution in [0.5, 0.6) is 5.75 Å². The molecule has 0 radical (unpaired) electrons. The van der Waals surface area contributed by atoms with Crippen LogP contribution in [-0.2, 0) is 25.6 Å². The molecule has 2 atom stereocenters. The van der Waals surface area contributed by atoms with E-state index in [-0.39, 0.29) is 24.7 Å². The van der Waals surface area contributed by atoms with Crippen molar-refractivity contribution < 1.29 is 33.5 Å². The minimum Gasteiger partial charge on any atom is -0.496 e. The summed E-state index contributed by atoms with van der Waals surface area (Å²) >= 11 is 0. The van der Waals surface area contributed by atoms with Gasteiger partial charge in [0.1, 0.15) is 11.8 Å². The SMILES string of the molecule is COc1ccc(-c2nc(C)no2)cc1CC(=O)N[C@H](C(=O)NC(CC(=O)O)C(=O)CN1CCCCC1)C(C)C. The Kier molecular flexibility index (Phi) is 10.6. The third-order valence-corrected chi connectivity index (χ3v) is 6.58. The fraction of sp³-hybridized carbons (Fsp3) is 0.556. The lowest BCUT2D eigenvalue weighted by Crippen LogP contribution is -2.55. The summed E-state index contributed by atoms with van der Waals surface area (Å²) in [5, 5.41) is 18.4. The monoisotopic (exact) mass is 543 g/mol. The van der Waals surface area contributed by atoms with E-state index in [1.807, 2.05) is 4.90 Å². The van der Waals surface area contributed by atoms with Crippen molar-refractivity contribution in [2.75, 3.05) is 26.7 Å². The van der Waals surface area contributed by atoms with Crippen LogP contribution in [0.25, 0.3) is 11.5 Å². The van der Waals surface area contributed by atoms with Gasteiger partial charge in [-0.3, -0.25) is 24.1 Å². The zero-order valence-electron chi connectivity index (χ0n) is 22.9. The number of aryl methyl sites for hydroxylation is 1. The Morgan fingerprint density at radius 1 is 1.13 bits per heavy atom. The van der Waals surface area contributed by atoms with Gasteiger partial charge in [-0.15, -0.1) is 0 Å². The zero-order valence-corrected chi connectivity index (χ0v) is 22.9. The number of carboxylic acid groups (broad SMARTS) is 1. The summed E-state index contributed by atoms with van der Waals surface area (Å²) in [4.78, 5) is 56.8. The van der Waals surface area contributed by atoms with E-state index in [0.29, 0.717) is 28.6 Å². The lowest BCUT2D eigenvalue weighted by molar-refractivity contribution is -0.141. The van der Waals surface area contributed by atoms with Crippen LogP contribution in [0.1, 0.15) is 50.9 Å². The van der Waals surface area contributed by atoms with Crippen molar-refractivity contribution in [3.63, 3.8) is 0 Å². The van der Waals surface area contributed by atoms with Crippen molar-refractivity contribution in [2.45, 2.75) is 65.0 Å². The standard InChI is InChI=1S/C27H37N5O7/c1-16(2)25(26(37)29-20(14-24(35)36)21(33)15-32-10-6-5-7-11-32)30-23(34)13-19-12-18(8-9-22(19)38-4)27-28-17(3)31-39-27/h8-9,12,16,20,25H,5-7,10-11,13-15H2,1-4H3,(H,29,37)(H,30,34)(H,35,36)/t20?,25-/m0/s1. The molecule has 1 unspecified atom stereocenters. The summed E-state index contributed by atoms with van der Waals surface area (Å²) in [6, 6.07) is 2.96. The summed E-state index contributed by atoms with van der Waals surface area (Å²) in [7, 11) is 1.49. The molecule has 1 aromatic carbocycles. The van der Waals surface area contributed by atoms with Gasteiger partial charge in [-0.25, -0.2) is 0 Å². The molecular formula is C27H37N5O7. The number of hydrogen-bond donors (Lipinski definition) is 3. The van der Waals surface area contributed by atoms with E-state index >= 15 is 0 Å². The molecule has 0 bridgehead atoms. The number of aliphatic carboxylic acids is 1. The van der Waals surface area contributed by atoms with Gasteiger partial charge in [-0.1, -0.05) is 25.4 Å². The van der Waals surface area contributed by atoms with Crippen molar-refractivity contribution in [1.82, 2.24) is 25.7 Å². The van der Waals surface area contributed by atoms with Crippen LogP contribution in [0.4, 0.5) is 0 Å². The van der Waals surface area contributed by atoms with Gasteiger partial charge in [0.25, 0.3) is 5.89 Å². The van der Waals surface area contributed by atoms with Gasteiger partial charge in [0.05, 0.1) is 32.5 Å². The molecule has 12 nitrogen and oxygen atoms in total. The molecule has 3 rings (SSSR count).